The molecule has 0 saturated heterocycles. The zero-order valence-electron chi connectivity index (χ0n) is 16.0. The zero-order valence-corrected chi connectivity index (χ0v) is 16.8. The number of halogens is 1. The molecule has 0 spiro atoms. The number of hydrogen-bond donors (Lipinski definition) is 1. The highest BCUT2D eigenvalue weighted by molar-refractivity contribution is 6.41. The topological polar surface area (TPSA) is 54.4 Å². The third-order valence-electron chi connectivity index (χ3n) is 4.49. The number of benzene rings is 3. The molecular weight excluding hydrogens is 394 g/mol. The van der Waals surface area contributed by atoms with Crippen LogP contribution in [0, 0.1) is 0 Å². The van der Waals surface area contributed by atoms with Crippen LogP contribution >= 0.6 is 11.6 Å². The Morgan fingerprint density at radius 3 is 2.33 bits per heavy atom. The van der Waals surface area contributed by atoms with E-state index in [1.54, 1.807) is 12.1 Å². The SMILES string of the molecule is O=C(N/N=C\C(Cl)=C\c1ccccc1)c1cc(-c2ccccc2)nc2ccccc12. The molecule has 0 aliphatic rings. The lowest BCUT2D eigenvalue weighted by atomic mass is 10.0. The van der Waals surface area contributed by atoms with Gasteiger partial charge >= 0.3 is 0 Å². The Morgan fingerprint density at radius 2 is 1.57 bits per heavy atom. The van der Waals surface area contributed by atoms with E-state index in [0.717, 1.165) is 27.7 Å². The van der Waals surface area contributed by atoms with Crippen LogP contribution < -0.4 is 5.43 Å². The van der Waals surface area contributed by atoms with Crippen molar-refractivity contribution in [3.63, 3.8) is 0 Å². The number of hydrogen-bond acceptors (Lipinski definition) is 3. The Kier molecular flexibility index (Phi) is 5.97. The molecule has 0 saturated carbocycles. The van der Waals surface area contributed by atoms with E-state index in [1.165, 1.54) is 6.21 Å². The number of para-hydroxylation sites is 1. The first-order valence-electron chi connectivity index (χ1n) is 9.41. The van der Waals surface area contributed by atoms with Crippen LogP contribution in [-0.2, 0) is 0 Å². The predicted octanol–water partition coefficient (Wildman–Crippen LogP) is 5.90. The van der Waals surface area contributed by atoms with Gasteiger partial charge in [0.05, 0.1) is 28.0 Å². The summed E-state index contributed by atoms with van der Waals surface area (Å²) in [6.07, 6.45) is 3.18. The maximum absolute atomic E-state index is 12.9. The van der Waals surface area contributed by atoms with Crippen LogP contribution in [0.4, 0.5) is 0 Å². The molecule has 0 fully saturated rings. The fourth-order valence-electron chi connectivity index (χ4n) is 3.08. The van der Waals surface area contributed by atoms with Gasteiger partial charge in [0.2, 0.25) is 0 Å². The molecule has 0 unspecified atom stereocenters. The van der Waals surface area contributed by atoms with Gasteiger partial charge in [-0.2, -0.15) is 5.10 Å². The Bertz CT molecular complexity index is 1240. The molecule has 1 aromatic heterocycles. The van der Waals surface area contributed by atoms with Crippen molar-refractivity contribution in [2.24, 2.45) is 5.10 Å². The van der Waals surface area contributed by atoms with E-state index < -0.39 is 0 Å². The minimum absolute atomic E-state index is 0.328. The number of nitrogens with one attached hydrogen (secondary N) is 1. The van der Waals surface area contributed by atoms with Gasteiger partial charge in [-0.25, -0.2) is 10.4 Å². The van der Waals surface area contributed by atoms with Crippen LogP contribution in [0.15, 0.2) is 101 Å². The number of aromatic nitrogens is 1. The van der Waals surface area contributed by atoms with Crippen LogP contribution in [0.2, 0.25) is 0 Å². The van der Waals surface area contributed by atoms with Gasteiger partial charge in [-0.3, -0.25) is 4.79 Å². The zero-order chi connectivity index (χ0) is 20.8. The third-order valence-corrected chi connectivity index (χ3v) is 4.70. The van der Waals surface area contributed by atoms with Crippen molar-refractivity contribution in [2.45, 2.75) is 0 Å². The number of pyridine rings is 1. The van der Waals surface area contributed by atoms with E-state index in [2.05, 4.69) is 10.5 Å². The van der Waals surface area contributed by atoms with Crippen molar-refractivity contribution in [1.29, 1.82) is 0 Å². The van der Waals surface area contributed by atoms with Gasteiger partial charge in [0.15, 0.2) is 0 Å². The van der Waals surface area contributed by atoms with Gasteiger partial charge in [-0.1, -0.05) is 90.5 Å². The molecule has 4 nitrogen and oxygen atoms in total. The summed E-state index contributed by atoms with van der Waals surface area (Å²) in [6.45, 7) is 0. The van der Waals surface area contributed by atoms with Gasteiger partial charge in [0.25, 0.3) is 5.91 Å². The van der Waals surface area contributed by atoms with Gasteiger partial charge in [-0.05, 0) is 23.8 Å². The van der Waals surface area contributed by atoms with Crippen molar-refractivity contribution in [3.05, 3.63) is 107 Å². The Balaban J connectivity index is 1.60. The molecule has 1 N–H and O–H groups in total. The Labute approximate surface area is 179 Å². The van der Waals surface area contributed by atoms with Gasteiger partial charge in [0.1, 0.15) is 0 Å². The smallest absolute Gasteiger partial charge is 0.267 e. The number of amides is 1. The first-order valence-corrected chi connectivity index (χ1v) is 9.79. The lowest BCUT2D eigenvalue weighted by Crippen LogP contribution is -2.18. The van der Waals surface area contributed by atoms with Gasteiger partial charge in [-0.15, -0.1) is 0 Å². The predicted molar refractivity (Wildman–Crippen MR) is 123 cm³/mol. The van der Waals surface area contributed by atoms with Crippen LogP contribution in [0.1, 0.15) is 15.9 Å². The third kappa shape index (κ3) is 4.62. The number of carbonyl (C=O) groups is 1. The maximum Gasteiger partial charge on any atom is 0.272 e. The monoisotopic (exact) mass is 411 g/mol. The normalized spacial score (nSPS) is 11.7. The summed E-state index contributed by atoms with van der Waals surface area (Å²) < 4.78 is 0. The summed E-state index contributed by atoms with van der Waals surface area (Å²) in [4.78, 5) is 17.6. The van der Waals surface area contributed by atoms with Crippen LogP contribution in [-0.4, -0.2) is 17.1 Å². The Morgan fingerprint density at radius 1 is 0.900 bits per heavy atom. The lowest BCUT2D eigenvalue weighted by molar-refractivity contribution is 0.0957. The molecule has 0 aliphatic carbocycles. The number of nitrogens with zero attached hydrogens (tertiary/aromatic N) is 2. The van der Waals surface area contributed by atoms with E-state index >= 15 is 0 Å². The van der Waals surface area contributed by atoms with Gasteiger partial charge in [0, 0.05) is 10.9 Å². The lowest BCUT2D eigenvalue weighted by Gasteiger charge is -2.09. The van der Waals surface area contributed by atoms with E-state index in [1.807, 2.05) is 84.9 Å². The highest BCUT2D eigenvalue weighted by atomic mass is 35.5. The molecule has 1 heterocycles. The standard InChI is InChI=1S/C25H18ClN3O/c26-20(15-18-9-3-1-4-10-18)17-27-29-25(30)22-16-24(19-11-5-2-6-12-19)28-23-14-8-7-13-21(22)23/h1-17H,(H,29,30)/b20-15-,27-17-. The molecule has 0 radical (unpaired) electrons. The number of hydrazone groups is 1. The summed E-state index contributed by atoms with van der Waals surface area (Å²) in [7, 11) is 0. The largest absolute Gasteiger partial charge is 0.272 e. The second-order valence-corrected chi connectivity index (χ2v) is 7.01. The number of allylic oxidation sites excluding steroid dienone is 1. The average Bonchev–Trinajstić information content (AvgIpc) is 2.79. The average molecular weight is 412 g/mol. The summed E-state index contributed by atoms with van der Waals surface area (Å²) in [5.74, 6) is -0.328. The molecule has 0 atom stereocenters. The first kappa shape index (κ1) is 19.6. The van der Waals surface area contributed by atoms with Crippen molar-refractivity contribution >= 4 is 40.7 Å². The van der Waals surface area contributed by atoms with Crippen LogP contribution in [0.3, 0.4) is 0 Å². The Hall–Kier alpha value is -3.76. The molecule has 1 amide bonds. The second-order valence-electron chi connectivity index (χ2n) is 6.58. The number of fused-ring (bicyclic) bond motifs is 1. The summed E-state index contributed by atoms with van der Waals surface area (Å²) in [5, 5.41) is 5.18. The molecule has 3 aromatic carbocycles. The van der Waals surface area contributed by atoms with Crippen molar-refractivity contribution in [2.75, 3.05) is 0 Å². The fraction of sp³-hybridized carbons (Fsp3) is 0. The highest BCUT2D eigenvalue weighted by Crippen LogP contribution is 2.24. The minimum atomic E-state index is -0.328. The molecule has 30 heavy (non-hydrogen) atoms. The summed E-state index contributed by atoms with van der Waals surface area (Å²) in [5.41, 5.74) is 6.43. The first-order chi connectivity index (χ1) is 14.7. The van der Waals surface area contributed by atoms with E-state index in [-0.39, 0.29) is 5.91 Å². The minimum Gasteiger partial charge on any atom is -0.267 e. The van der Waals surface area contributed by atoms with Gasteiger partial charge < -0.3 is 0 Å². The highest BCUT2D eigenvalue weighted by Gasteiger charge is 2.13. The quantitative estimate of drug-likeness (QED) is 0.328. The van der Waals surface area contributed by atoms with Crippen molar-refractivity contribution < 1.29 is 4.79 Å². The fourth-order valence-corrected chi connectivity index (χ4v) is 3.25. The molecule has 0 bridgehead atoms. The molecule has 4 aromatic rings. The van der Waals surface area contributed by atoms with Crippen LogP contribution in [0.5, 0.6) is 0 Å². The molecule has 0 aliphatic heterocycles. The van der Waals surface area contributed by atoms with Crippen LogP contribution in [0.25, 0.3) is 28.2 Å². The van der Waals surface area contributed by atoms with Crippen molar-refractivity contribution in [3.8, 4) is 11.3 Å². The number of carbonyl (C=O) groups excluding carboxylic acids is 1. The van der Waals surface area contributed by atoms with Crippen molar-refractivity contribution in [1.82, 2.24) is 10.4 Å². The van der Waals surface area contributed by atoms with E-state index in [9.17, 15) is 4.79 Å². The van der Waals surface area contributed by atoms with E-state index in [0.29, 0.717) is 10.6 Å². The maximum atomic E-state index is 12.9. The molecular formula is C25H18ClN3O. The summed E-state index contributed by atoms with van der Waals surface area (Å²) in [6, 6.07) is 28.7. The van der Waals surface area contributed by atoms with E-state index in [4.69, 9.17) is 16.6 Å². The molecule has 4 rings (SSSR count). The number of rotatable bonds is 5. The summed E-state index contributed by atoms with van der Waals surface area (Å²) >= 11 is 6.20. The molecule has 5 heteroatoms. The second kappa shape index (κ2) is 9.16. The molecule has 146 valence electrons.